The fourth-order valence-electron chi connectivity index (χ4n) is 0.398. The molecule has 0 aliphatic rings. The molecular weight excluding hydrogens is 163 g/mol. The minimum atomic E-state index is -3.91. The smallest absolute Gasteiger partial charge is 0.264 e. The fourth-order valence-corrected chi connectivity index (χ4v) is 0.881. The molecule has 0 fully saturated rings. The van der Waals surface area contributed by atoms with Crippen molar-refractivity contribution in [1.82, 2.24) is 0 Å². The molecule has 0 saturated heterocycles. The molecule has 4 nitrogen and oxygen atoms in total. The number of ether oxygens (including phenoxy) is 1. The summed E-state index contributed by atoms with van der Waals surface area (Å²) in [6, 6.07) is 0. The second-order valence-corrected chi connectivity index (χ2v) is 3.23. The summed E-state index contributed by atoms with van der Waals surface area (Å²) < 4.78 is 43.5. The van der Waals surface area contributed by atoms with Gasteiger partial charge in [0, 0.05) is 0 Å². The molecule has 0 radical (unpaired) electrons. The van der Waals surface area contributed by atoms with Crippen LogP contribution in [0.25, 0.3) is 0 Å². The molecule has 0 aliphatic heterocycles. The first kappa shape index (κ1) is 9.80. The van der Waals surface area contributed by atoms with E-state index in [9.17, 15) is 12.8 Å². The van der Waals surface area contributed by atoms with Crippen LogP contribution in [0.15, 0.2) is 0 Å². The summed E-state index contributed by atoms with van der Waals surface area (Å²) in [5.41, 5.74) is 0. The van der Waals surface area contributed by atoms with Crippen LogP contribution in [0, 0.1) is 0 Å². The highest BCUT2D eigenvalue weighted by Crippen LogP contribution is 1.89. The minimum Gasteiger partial charge on any atom is -0.350 e. The summed E-state index contributed by atoms with van der Waals surface area (Å²) in [5.74, 6) is -0.382. The molecule has 0 aromatic heterocycles. The Bertz CT molecular complexity index is 164. The maximum atomic E-state index is 11.2. The fraction of sp³-hybridized carbons (Fsp3) is 1.00. The van der Waals surface area contributed by atoms with Crippen molar-refractivity contribution in [3.8, 4) is 0 Å². The van der Waals surface area contributed by atoms with Crippen LogP contribution >= 0.6 is 0 Å². The predicted molar refractivity (Wildman–Crippen MR) is 33.0 cm³/mol. The summed E-state index contributed by atoms with van der Waals surface area (Å²) in [6.45, 7) is -0.915. The standard InChI is InChI=1S/C4H9FO4S/c5-4-9-2-1-3-10(6,7)8/h1-4H2,(H,6,7,8). The maximum Gasteiger partial charge on any atom is 0.264 e. The van der Waals surface area contributed by atoms with E-state index in [1.165, 1.54) is 0 Å². The summed E-state index contributed by atoms with van der Waals surface area (Å²) >= 11 is 0. The monoisotopic (exact) mass is 172 g/mol. The Labute approximate surface area is 58.7 Å². The van der Waals surface area contributed by atoms with Crippen LogP contribution in [0.1, 0.15) is 6.42 Å². The molecule has 0 heterocycles. The van der Waals surface area contributed by atoms with Gasteiger partial charge in [0.2, 0.25) is 0 Å². The second kappa shape index (κ2) is 4.59. The first-order valence-corrected chi connectivity index (χ1v) is 4.26. The lowest BCUT2D eigenvalue weighted by molar-refractivity contribution is 0.0586. The average Bonchev–Trinajstić information content (AvgIpc) is 1.78. The van der Waals surface area contributed by atoms with Gasteiger partial charge >= 0.3 is 0 Å². The SMILES string of the molecule is O=S(=O)(O)CCCOCF. The summed E-state index contributed by atoms with van der Waals surface area (Å²) in [4.78, 5) is 0. The van der Waals surface area contributed by atoms with Gasteiger partial charge in [0.05, 0.1) is 12.4 Å². The Balaban J connectivity index is 3.21. The van der Waals surface area contributed by atoms with Crippen LogP contribution in [0.3, 0.4) is 0 Å². The Morgan fingerprint density at radius 2 is 2.10 bits per heavy atom. The van der Waals surface area contributed by atoms with Crippen molar-refractivity contribution < 1.29 is 22.1 Å². The molecule has 0 aliphatic carbocycles. The molecule has 0 amide bonds. The molecule has 0 spiro atoms. The summed E-state index contributed by atoms with van der Waals surface area (Å²) in [5, 5.41) is 0. The van der Waals surface area contributed by atoms with Crippen molar-refractivity contribution in [3.05, 3.63) is 0 Å². The molecule has 0 bridgehead atoms. The van der Waals surface area contributed by atoms with E-state index in [1.54, 1.807) is 0 Å². The van der Waals surface area contributed by atoms with Crippen LogP contribution in [-0.2, 0) is 14.9 Å². The molecule has 6 heteroatoms. The first-order chi connectivity index (χ1) is 4.56. The van der Waals surface area contributed by atoms with Gasteiger partial charge in [0.25, 0.3) is 10.1 Å². The van der Waals surface area contributed by atoms with E-state index in [0.717, 1.165) is 0 Å². The van der Waals surface area contributed by atoms with Crippen molar-refractivity contribution in [2.24, 2.45) is 0 Å². The van der Waals surface area contributed by atoms with Gasteiger partial charge in [0.1, 0.15) is 0 Å². The third kappa shape index (κ3) is 7.80. The van der Waals surface area contributed by atoms with Crippen molar-refractivity contribution in [2.75, 3.05) is 19.2 Å². The van der Waals surface area contributed by atoms with Gasteiger partial charge in [-0.05, 0) is 6.42 Å². The van der Waals surface area contributed by atoms with Gasteiger partial charge in [-0.3, -0.25) is 4.55 Å². The van der Waals surface area contributed by atoms with Crippen LogP contribution < -0.4 is 0 Å². The van der Waals surface area contributed by atoms with Gasteiger partial charge < -0.3 is 4.74 Å². The number of hydrogen-bond acceptors (Lipinski definition) is 3. The molecule has 0 rings (SSSR count). The zero-order chi connectivity index (χ0) is 8.04. The Morgan fingerprint density at radius 3 is 2.50 bits per heavy atom. The van der Waals surface area contributed by atoms with E-state index in [-0.39, 0.29) is 18.8 Å². The molecule has 0 atom stereocenters. The van der Waals surface area contributed by atoms with E-state index in [4.69, 9.17) is 4.55 Å². The van der Waals surface area contributed by atoms with Crippen molar-refractivity contribution in [3.63, 3.8) is 0 Å². The largest absolute Gasteiger partial charge is 0.350 e. The zero-order valence-electron chi connectivity index (χ0n) is 5.29. The molecular formula is C4H9FO4S. The number of rotatable bonds is 5. The Kier molecular flexibility index (Phi) is 4.50. The van der Waals surface area contributed by atoms with Crippen molar-refractivity contribution in [1.29, 1.82) is 0 Å². The van der Waals surface area contributed by atoms with E-state index in [2.05, 4.69) is 4.74 Å². The van der Waals surface area contributed by atoms with Crippen molar-refractivity contribution >= 4 is 10.1 Å². The maximum absolute atomic E-state index is 11.2. The highest BCUT2D eigenvalue weighted by atomic mass is 32.2. The first-order valence-electron chi connectivity index (χ1n) is 2.65. The molecule has 0 unspecified atom stereocenters. The van der Waals surface area contributed by atoms with Gasteiger partial charge in [-0.15, -0.1) is 0 Å². The van der Waals surface area contributed by atoms with E-state index in [0.29, 0.717) is 0 Å². The van der Waals surface area contributed by atoms with Gasteiger partial charge in [-0.1, -0.05) is 0 Å². The normalized spacial score (nSPS) is 11.8. The number of alkyl halides is 1. The van der Waals surface area contributed by atoms with E-state index >= 15 is 0 Å². The highest BCUT2D eigenvalue weighted by molar-refractivity contribution is 7.85. The minimum absolute atomic E-state index is 0.0102. The van der Waals surface area contributed by atoms with E-state index < -0.39 is 17.0 Å². The lowest BCUT2D eigenvalue weighted by Gasteiger charge is -1.96. The van der Waals surface area contributed by atoms with Crippen molar-refractivity contribution in [2.45, 2.75) is 6.42 Å². The van der Waals surface area contributed by atoms with Crippen LogP contribution in [0.4, 0.5) is 4.39 Å². The summed E-state index contributed by atoms with van der Waals surface area (Å²) in [7, 11) is -3.91. The average molecular weight is 172 g/mol. The highest BCUT2D eigenvalue weighted by Gasteiger charge is 2.02. The molecule has 0 aromatic rings. The lowest BCUT2D eigenvalue weighted by atomic mass is 10.5. The second-order valence-electron chi connectivity index (χ2n) is 1.66. The van der Waals surface area contributed by atoms with Crippen LogP contribution in [-0.4, -0.2) is 32.2 Å². The number of halogens is 1. The van der Waals surface area contributed by atoms with Gasteiger partial charge in [-0.25, -0.2) is 4.39 Å². The topological polar surface area (TPSA) is 63.6 Å². The van der Waals surface area contributed by atoms with E-state index in [1.807, 2.05) is 0 Å². The Hall–Kier alpha value is -0.200. The van der Waals surface area contributed by atoms with Gasteiger partial charge in [-0.2, -0.15) is 8.42 Å². The zero-order valence-corrected chi connectivity index (χ0v) is 6.10. The van der Waals surface area contributed by atoms with Gasteiger partial charge in [0.15, 0.2) is 6.86 Å². The molecule has 1 N–H and O–H groups in total. The predicted octanol–water partition coefficient (Wildman–Crippen LogP) is 0.208. The molecule has 10 heavy (non-hydrogen) atoms. The quantitative estimate of drug-likeness (QED) is 0.475. The molecule has 62 valence electrons. The lowest BCUT2D eigenvalue weighted by Crippen LogP contribution is -2.06. The third-order valence-electron chi connectivity index (χ3n) is 0.768. The van der Waals surface area contributed by atoms with Crippen LogP contribution in [0.2, 0.25) is 0 Å². The van der Waals surface area contributed by atoms with Crippen LogP contribution in [0.5, 0.6) is 0 Å². The summed E-state index contributed by atoms with van der Waals surface area (Å²) in [6.07, 6.45) is 0.114. The molecule has 0 saturated carbocycles. The molecule has 0 aromatic carbocycles. The number of hydrogen-bond donors (Lipinski definition) is 1. The Morgan fingerprint density at radius 1 is 1.50 bits per heavy atom. The third-order valence-corrected chi connectivity index (χ3v) is 1.57.